The fraction of sp³-hybridized carbons (Fsp3) is 0.192. The third kappa shape index (κ3) is 4.85. The van der Waals surface area contributed by atoms with E-state index in [0.717, 1.165) is 10.5 Å². The summed E-state index contributed by atoms with van der Waals surface area (Å²) in [5, 5.41) is 2.79. The summed E-state index contributed by atoms with van der Waals surface area (Å²) < 4.78 is 10.3. The Labute approximate surface area is 197 Å². The van der Waals surface area contributed by atoms with Crippen molar-refractivity contribution in [1.82, 2.24) is 4.90 Å². The molecule has 8 nitrogen and oxygen atoms in total. The molecule has 34 heavy (non-hydrogen) atoms. The van der Waals surface area contributed by atoms with Crippen molar-refractivity contribution in [2.45, 2.75) is 19.0 Å². The van der Waals surface area contributed by atoms with Gasteiger partial charge in [0.1, 0.15) is 17.5 Å². The highest BCUT2D eigenvalue weighted by Gasteiger charge is 2.46. The summed E-state index contributed by atoms with van der Waals surface area (Å²) in [7, 11) is 3.14. The molecule has 1 aliphatic heterocycles. The fourth-order valence-electron chi connectivity index (χ4n) is 3.82. The van der Waals surface area contributed by atoms with Gasteiger partial charge in [0.15, 0.2) is 0 Å². The van der Waals surface area contributed by atoms with Crippen molar-refractivity contribution >= 4 is 29.2 Å². The highest BCUT2D eigenvalue weighted by atomic mass is 16.5. The molecule has 0 bridgehead atoms. The molecule has 0 spiro atoms. The van der Waals surface area contributed by atoms with Gasteiger partial charge in [-0.15, -0.1) is 0 Å². The lowest BCUT2D eigenvalue weighted by Crippen LogP contribution is -2.37. The number of imide groups is 1. The van der Waals surface area contributed by atoms with Gasteiger partial charge in [-0.3, -0.25) is 9.59 Å². The normalized spacial score (nSPS) is 15.4. The van der Waals surface area contributed by atoms with Crippen LogP contribution in [0, 0.1) is 0 Å². The van der Waals surface area contributed by atoms with Crippen LogP contribution >= 0.6 is 0 Å². The lowest BCUT2D eigenvalue weighted by atomic mass is 10.1. The molecule has 4 rings (SSSR count). The summed E-state index contributed by atoms with van der Waals surface area (Å²) >= 11 is 0. The number of rotatable bonds is 8. The van der Waals surface area contributed by atoms with Crippen LogP contribution in [0.25, 0.3) is 0 Å². The molecular formula is C26H25N3O5. The molecule has 1 atom stereocenters. The Morgan fingerprint density at radius 2 is 1.44 bits per heavy atom. The Kier molecular flexibility index (Phi) is 6.77. The third-order valence-electron chi connectivity index (χ3n) is 5.60. The minimum absolute atomic E-state index is 0.171. The van der Waals surface area contributed by atoms with E-state index >= 15 is 0 Å². The van der Waals surface area contributed by atoms with Gasteiger partial charge in [-0.25, -0.2) is 9.69 Å². The van der Waals surface area contributed by atoms with Gasteiger partial charge < -0.3 is 19.7 Å². The van der Waals surface area contributed by atoms with Crippen LogP contribution in [0.4, 0.5) is 16.2 Å². The van der Waals surface area contributed by atoms with Crippen LogP contribution in [0.5, 0.6) is 11.5 Å². The van der Waals surface area contributed by atoms with Gasteiger partial charge in [0.25, 0.3) is 5.91 Å². The Morgan fingerprint density at radius 1 is 0.853 bits per heavy atom. The number of anilines is 2. The molecule has 0 aromatic heterocycles. The maximum Gasteiger partial charge on any atom is 0.332 e. The molecule has 1 N–H and O–H groups in total. The third-order valence-corrected chi connectivity index (χ3v) is 5.60. The van der Waals surface area contributed by atoms with Gasteiger partial charge in [-0.1, -0.05) is 30.3 Å². The zero-order chi connectivity index (χ0) is 24.1. The molecule has 0 aliphatic carbocycles. The maximum atomic E-state index is 13.3. The van der Waals surface area contributed by atoms with E-state index in [1.165, 1.54) is 4.90 Å². The van der Waals surface area contributed by atoms with E-state index in [1.807, 2.05) is 18.2 Å². The van der Waals surface area contributed by atoms with Gasteiger partial charge in [0.2, 0.25) is 5.91 Å². The molecular weight excluding hydrogens is 434 g/mol. The molecule has 0 radical (unpaired) electrons. The number of methoxy groups -OCH3 is 2. The van der Waals surface area contributed by atoms with Crippen LogP contribution in [-0.4, -0.2) is 43.0 Å². The minimum Gasteiger partial charge on any atom is -0.497 e. The quantitative estimate of drug-likeness (QED) is 0.513. The van der Waals surface area contributed by atoms with Gasteiger partial charge >= 0.3 is 6.03 Å². The van der Waals surface area contributed by atoms with Gasteiger partial charge in [-0.05, 0) is 54.1 Å². The van der Waals surface area contributed by atoms with Crippen LogP contribution in [0.3, 0.4) is 0 Å². The SMILES string of the molecule is COc1ccc(CN2C(=O)N(c3ccccc3)C(=O)[C@@H]2CC(=O)Nc2ccc(OC)cc2)cc1. The van der Waals surface area contributed by atoms with Gasteiger partial charge in [0, 0.05) is 12.2 Å². The summed E-state index contributed by atoms with van der Waals surface area (Å²) in [5.74, 6) is 0.549. The molecule has 3 aromatic rings. The lowest BCUT2D eigenvalue weighted by Gasteiger charge is -2.22. The molecule has 174 valence electrons. The summed E-state index contributed by atoms with van der Waals surface area (Å²) in [6.07, 6.45) is -0.171. The first-order chi connectivity index (χ1) is 16.5. The van der Waals surface area contributed by atoms with Crippen molar-refractivity contribution < 1.29 is 23.9 Å². The second-order valence-electron chi connectivity index (χ2n) is 7.76. The first-order valence-electron chi connectivity index (χ1n) is 10.8. The Bertz CT molecular complexity index is 1160. The number of ether oxygens (including phenoxy) is 2. The van der Waals surface area contributed by atoms with Crippen molar-refractivity contribution in [3.05, 3.63) is 84.4 Å². The predicted molar refractivity (Wildman–Crippen MR) is 128 cm³/mol. The van der Waals surface area contributed by atoms with E-state index in [2.05, 4.69) is 5.32 Å². The molecule has 1 aliphatic rings. The number of benzene rings is 3. The van der Waals surface area contributed by atoms with Gasteiger partial charge in [-0.2, -0.15) is 0 Å². The van der Waals surface area contributed by atoms with Crippen LogP contribution in [0.15, 0.2) is 78.9 Å². The van der Waals surface area contributed by atoms with Crippen molar-refractivity contribution in [2.75, 3.05) is 24.4 Å². The Morgan fingerprint density at radius 3 is 2.03 bits per heavy atom. The molecule has 8 heteroatoms. The second-order valence-corrected chi connectivity index (χ2v) is 7.76. The topological polar surface area (TPSA) is 88.2 Å². The molecule has 1 fully saturated rings. The van der Waals surface area contributed by atoms with Crippen molar-refractivity contribution in [2.24, 2.45) is 0 Å². The number of nitrogens with one attached hydrogen (secondary N) is 1. The first-order valence-corrected chi connectivity index (χ1v) is 10.8. The lowest BCUT2D eigenvalue weighted by molar-refractivity contribution is -0.124. The predicted octanol–water partition coefficient (Wildman–Crippen LogP) is 4.07. The van der Waals surface area contributed by atoms with E-state index < -0.39 is 18.0 Å². The fourth-order valence-corrected chi connectivity index (χ4v) is 3.82. The Balaban J connectivity index is 1.56. The monoisotopic (exact) mass is 459 g/mol. The summed E-state index contributed by atoms with van der Waals surface area (Å²) in [6.45, 7) is 0.179. The number of hydrogen-bond acceptors (Lipinski definition) is 5. The number of para-hydroxylation sites is 1. The highest BCUT2D eigenvalue weighted by Crippen LogP contribution is 2.29. The van der Waals surface area contributed by atoms with E-state index in [-0.39, 0.29) is 18.9 Å². The second kappa shape index (κ2) is 10.1. The van der Waals surface area contributed by atoms with E-state index in [0.29, 0.717) is 22.9 Å². The minimum atomic E-state index is -0.937. The van der Waals surface area contributed by atoms with Crippen LogP contribution in [0.1, 0.15) is 12.0 Å². The van der Waals surface area contributed by atoms with Crippen LogP contribution < -0.4 is 19.7 Å². The molecule has 3 aromatic carbocycles. The summed E-state index contributed by atoms with van der Waals surface area (Å²) in [4.78, 5) is 42.1. The number of nitrogens with zero attached hydrogens (tertiary/aromatic N) is 2. The number of carbonyl (C=O) groups is 3. The number of amides is 4. The van der Waals surface area contributed by atoms with E-state index in [4.69, 9.17) is 9.47 Å². The summed E-state index contributed by atoms with van der Waals surface area (Å²) in [6, 6.07) is 21.4. The van der Waals surface area contributed by atoms with E-state index in [1.54, 1.807) is 74.9 Å². The standard InChI is InChI=1S/C26H25N3O5/c1-33-21-12-8-18(9-13-21)17-28-23(16-24(30)27-19-10-14-22(34-2)15-11-19)25(31)29(26(28)32)20-6-4-3-5-7-20/h3-15,23H,16-17H2,1-2H3,(H,27,30)/t23-/m0/s1. The molecule has 0 unspecified atom stereocenters. The zero-order valence-corrected chi connectivity index (χ0v) is 18.9. The Hall–Kier alpha value is -4.33. The molecule has 0 saturated carbocycles. The first kappa shape index (κ1) is 22.8. The highest BCUT2D eigenvalue weighted by molar-refractivity contribution is 6.22. The number of carbonyl (C=O) groups excluding carboxylic acids is 3. The maximum absolute atomic E-state index is 13.3. The van der Waals surface area contributed by atoms with Crippen LogP contribution in [-0.2, 0) is 16.1 Å². The average molecular weight is 460 g/mol. The largest absolute Gasteiger partial charge is 0.497 e. The summed E-state index contributed by atoms with van der Waals surface area (Å²) in [5.41, 5.74) is 1.86. The van der Waals surface area contributed by atoms with Gasteiger partial charge in [0.05, 0.1) is 26.3 Å². The number of hydrogen-bond donors (Lipinski definition) is 1. The molecule has 1 saturated heterocycles. The smallest absolute Gasteiger partial charge is 0.332 e. The average Bonchev–Trinajstić information content (AvgIpc) is 3.09. The molecule has 1 heterocycles. The van der Waals surface area contributed by atoms with Crippen molar-refractivity contribution in [1.29, 1.82) is 0 Å². The van der Waals surface area contributed by atoms with Crippen LogP contribution in [0.2, 0.25) is 0 Å². The van der Waals surface area contributed by atoms with Crippen molar-refractivity contribution in [3.8, 4) is 11.5 Å². The van der Waals surface area contributed by atoms with E-state index in [9.17, 15) is 14.4 Å². The number of urea groups is 1. The molecule has 4 amide bonds. The van der Waals surface area contributed by atoms with Crippen molar-refractivity contribution in [3.63, 3.8) is 0 Å². The zero-order valence-electron chi connectivity index (χ0n) is 18.9.